The van der Waals surface area contributed by atoms with Gasteiger partial charge in [-0.2, -0.15) is 4.68 Å². The molecule has 0 unspecified atom stereocenters. The summed E-state index contributed by atoms with van der Waals surface area (Å²) in [5.74, 6) is 1.35. The van der Waals surface area contributed by atoms with Crippen molar-refractivity contribution in [2.24, 2.45) is 5.92 Å². The zero-order valence-electron chi connectivity index (χ0n) is 12.1. The Hall–Kier alpha value is -2.24. The van der Waals surface area contributed by atoms with E-state index >= 15 is 0 Å². The molecule has 6 nitrogen and oxygen atoms in total. The Morgan fingerprint density at radius 2 is 2.19 bits per heavy atom. The summed E-state index contributed by atoms with van der Waals surface area (Å²) in [6.45, 7) is 1.84. The Morgan fingerprint density at radius 3 is 2.90 bits per heavy atom. The predicted octanol–water partition coefficient (Wildman–Crippen LogP) is 2.49. The van der Waals surface area contributed by atoms with Gasteiger partial charge in [-0.1, -0.05) is 18.9 Å². The van der Waals surface area contributed by atoms with E-state index in [0.29, 0.717) is 18.2 Å². The van der Waals surface area contributed by atoms with Crippen LogP contribution in [0.3, 0.4) is 0 Å². The van der Waals surface area contributed by atoms with E-state index in [4.69, 9.17) is 0 Å². The number of rotatable bonds is 4. The number of nitrogens with one attached hydrogen (secondary N) is 1. The van der Waals surface area contributed by atoms with Crippen molar-refractivity contribution in [3.05, 3.63) is 30.1 Å². The third kappa shape index (κ3) is 3.26. The highest BCUT2D eigenvalue weighted by Gasteiger charge is 2.18. The smallest absolute Gasteiger partial charge is 0.224 e. The van der Waals surface area contributed by atoms with Crippen molar-refractivity contribution in [3.63, 3.8) is 0 Å². The highest BCUT2D eigenvalue weighted by molar-refractivity contribution is 5.91. The van der Waals surface area contributed by atoms with Crippen LogP contribution >= 0.6 is 0 Å². The fourth-order valence-corrected chi connectivity index (χ4v) is 2.87. The number of nitrogens with zero attached hydrogens (tertiary/aromatic N) is 4. The minimum absolute atomic E-state index is 0.0903. The van der Waals surface area contributed by atoms with Crippen LogP contribution in [0.25, 0.3) is 5.69 Å². The lowest BCUT2D eigenvalue weighted by Gasteiger charge is -2.10. The van der Waals surface area contributed by atoms with Gasteiger partial charge in [0.25, 0.3) is 0 Å². The average molecular weight is 285 g/mol. The molecule has 1 heterocycles. The lowest BCUT2D eigenvalue weighted by Crippen LogP contribution is -2.15. The van der Waals surface area contributed by atoms with Crippen LogP contribution in [-0.4, -0.2) is 26.1 Å². The molecule has 0 spiro atoms. The van der Waals surface area contributed by atoms with Crippen molar-refractivity contribution < 1.29 is 4.79 Å². The molecule has 1 aromatic carbocycles. The highest BCUT2D eigenvalue weighted by atomic mass is 16.1. The van der Waals surface area contributed by atoms with E-state index in [1.807, 2.05) is 31.2 Å². The number of anilines is 1. The first-order chi connectivity index (χ1) is 10.2. The second-order valence-corrected chi connectivity index (χ2v) is 5.59. The average Bonchev–Trinajstić information content (AvgIpc) is 3.10. The summed E-state index contributed by atoms with van der Waals surface area (Å²) in [6, 6.07) is 7.57. The maximum Gasteiger partial charge on any atom is 0.224 e. The van der Waals surface area contributed by atoms with Gasteiger partial charge in [0.1, 0.15) is 0 Å². The van der Waals surface area contributed by atoms with Gasteiger partial charge in [0, 0.05) is 12.1 Å². The largest absolute Gasteiger partial charge is 0.326 e. The standard InChI is InChI=1S/C15H19N5O/c1-11-17-18-19-20(11)14-8-4-7-13(10-14)16-15(21)9-12-5-2-3-6-12/h4,7-8,10,12H,2-3,5-6,9H2,1H3,(H,16,21). The molecule has 1 aliphatic rings. The van der Waals surface area contributed by atoms with Gasteiger partial charge in [-0.15, -0.1) is 5.10 Å². The first-order valence-corrected chi connectivity index (χ1v) is 7.37. The van der Waals surface area contributed by atoms with Crippen LogP contribution in [0.15, 0.2) is 24.3 Å². The van der Waals surface area contributed by atoms with Gasteiger partial charge in [0.15, 0.2) is 5.82 Å². The van der Waals surface area contributed by atoms with Gasteiger partial charge in [-0.05, 0) is 54.3 Å². The van der Waals surface area contributed by atoms with E-state index in [2.05, 4.69) is 20.8 Å². The molecule has 1 aromatic heterocycles. The van der Waals surface area contributed by atoms with Gasteiger partial charge < -0.3 is 5.32 Å². The van der Waals surface area contributed by atoms with Crippen LogP contribution in [0.4, 0.5) is 5.69 Å². The van der Waals surface area contributed by atoms with E-state index in [1.165, 1.54) is 25.7 Å². The minimum atomic E-state index is 0.0903. The summed E-state index contributed by atoms with van der Waals surface area (Å²) in [5.41, 5.74) is 1.63. The monoisotopic (exact) mass is 285 g/mol. The summed E-state index contributed by atoms with van der Waals surface area (Å²) in [5, 5.41) is 14.4. The van der Waals surface area contributed by atoms with Gasteiger partial charge in [-0.25, -0.2) is 0 Å². The first kappa shape index (κ1) is 13.7. The van der Waals surface area contributed by atoms with Crippen LogP contribution < -0.4 is 5.32 Å². The summed E-state index contributed by atoms with van der Waals surface area (Å²) in [4.78, 5) is 12.1. The summed E-state index contributed by atoms with van der Waals surface area (Å²) in [7, 11) is 0. The number of aromatic nitrogens is 4. The third-order valence-corrected chi connectivity index (χ3v) is 3.95. The lowest BCUT2D eigenvalue weighted by molar-refractivity contribution is -0.117. The SMILES string of the molecule is Cc1nnnn1-c1cccc(NC(=O)CC2CCCC2)c1. The Kier molecular flexibility index (Phi) is 3.94. The molecule has 0 saturated heterocycles. The maximum atomic E-state index is 12.1. The number of benzene rings is 1. The predicted molar refractivity (Wildman–Crippen MR) is 79.1 cm³/mol. The van der Waals surface area contributed by atoms with E-state index in [9.17, 15) is 4.79 Å². The number of amides is 1. The third-order valence-electron chi connectivity index (χ3n) is 3.95. The van der Waals surface area contributed by atoms with Crippen molar-refractivity contribution in [1.82, 2.24) is 20.2 Å². The van der Waals surface area contributed by atoms with Crippen molar-refractivity contribution in [1.29, 1.82) is 0 Å². The molecule has 1 N–H and O–H groups in total. The van der Waals surface area contributed by atoms with Crippen molar-refractivity contribution >= 4 is 11.6 Å². The Bertz CT molecular complexity index is 630. The van der Waals surface area contributed by atoms with Crippen molar-refractivity contribution in [3.8, 4) is 5.69 Å². The molecule has 0 radical (unpaired) electrons. The van der Waals surface area contributed by atoms with Crippen molar-refractivity contribution in [2.45, 2.75) is 39.0 Å². The molecular formula is C15H19N5O. The van der Waals surface area contributed by atoms with Crippen LogP contribution in [-0.2, 0) is 4.79 Å². The van der Waals surface area contributed by atoms with Crippen LogP contribution in [0.2, 0.25) is 0 Å². The molecule has 3 rings (SSSR count). The second-order valence-electron chi connectivity index (χ2n) is 5.59. The van der Waals surface area contributed by atoms with Gasteiger partial charge in [0.05, 0.1) is 5.69 Å². The molecule has 0 atom stereocenters. The molecule has 2 aromatic rings. The van der Waals surface area contributed by atoms with E-state index in [-0.39, 0.29) is 5.91 Å². The summed E-state index contributed by atoms with van der Waals surface area (Å²) in [6.07, 6.45) is 5.49. The zero-order chi connectivity index (χ0) is 14.7. The summed E-state index contributed by atoms with van der Waals surface area (Å²) < 4.78 is 1.65. The number of carbonyl (C=O) groups is 1. The molecule has 6 heteroatoms. The topological polar surface area (TPSA) is 72.7 Å². The zero-order valence-corrected chi connectivity index (χ0v) is 12.1. The second kappa shape index (κ2) is 6.03. The first-order valence-electron chi connectivity index (χ1n) is 7.37. The molecule has 0 aliphatic heterocycles. The van der Waals surface area contributed by atoms with Crippen LogP contribution in [0.5, 0.6) is 0 Å². The number of carbonyl (C=O) groups excluding carboxylic acids is 1. The van der Waals surface area contributed by atoms with Gasteiger partial charge in [-0.3, -0.25) is 4.79 Å². The molecule has 1 fully saturated rings. The minimum Gasteiger partial charge on any atom is -0.326 e. The van der Waals surface area contributed by atoms with E-state index in [1.54, 1.807) is 4.68 Å². The maximum absolute atomic E-state index is 12.1. The fraction of sp³-hybridized carbons (Fsp3) is 0.467. The number of hydrogen-bond donors (Lipinski definition) is 1. The van der Waals surface area contributed by atoms with E-state index < -0.39 is 0 Å². The summed E-state index contributed by atoms with van der Waals surface area (Å²) >= 11 is 0. The molecule has 1 saturated carbocycles. The van der Waals surface area contributed by atoms with Crippen molar-refractivity contribution in [2.75, 3.05) is 5.32 Å². The van der Waals surface area contributed by atoms with E-state index in [0.717, 1.165) is 11.4 Å². The number of tetrazole rings is 1. The highest BCUT2D eigenvalue weighted by Crippen LogP contribution is 2.27. The Morgan fingerprint density at radius 1 is 1.38 bits per heavy atom. The number of aryl methyl sites for hydroxylation is 1. The lowest BCUT2D eigenvalue weighted by atomic mass is 10.0. The quantitative estimate of drug-likeness (QED) is 0.936. The molecule has 110 valence electrons. The van der Waals surface area contributed by atoms with Crippen LogP contribution in [0, 0.1) is 12.8 Å². The van der Waals surface area contributed by atoms with Gasteiger partial charge in [0.2, 0.25) is 5.91 Å². The Labute approximate surface area is 123 Å². The molecule has 1 amide bonds. The van der Waals surface area contributed by atoms with Gasteiger partial charge >= 0.3 is 0 Å². The van der Waals surface area contributed by atoms with Crippen LogP contribution in [0.1, 0.15) is 37.9 Å². The molecule has 1 aliphatic carbocycles. The molecule has 0 bridgehead atoms. The number of hydrogen-bond acceptors (Lipinski definition) is 4. The normalized spacial score (nSPS) is 15.3. The molecule has 21 heavy (non-hydrogen) atoms. The molecular weight excluding hydrogens is 266 g/mol. The fourth-order valence-electron chi connectivity index (χ4n) is 2.87. The Balaban J connectivity index is 1.68.